The predicted octanol–water partition coefficient (Wildman–Crippen LogP) is 2.61. The van der Waals surface area contributed by atoms with Gasteiger partial charge in [0.15, 0.2) is 0 Å². The molecule has 1 saturated heterocycles. The summed E-state index contributed by atoms with van der Waals surface area (Å²) in [6, 6.07) is 4.02. The molecule has 0 radical (unpaired) electrons. The molecule has 1 aliphatic rings. The van der Waals surface area contributed by atoms with Gasteiger partial charge in [-0.1, -0.05) is 13.8 Å². The van der Waals surface area contributed by atoms with Crippen LogP contribution < -0.4 is 0 Å². The second-order valence-electron chi connectivity index (χ2n) is 5.61. The first-order valence-electron chi connectivity index (χ1n) is 6.79. The average Bonchev–Trinajstić information content (AvgIpc) is 2.37. The van der Waals surface area contributed by atoms with Gasteiger partial charge in [0.2, 0.25) is 0 Å². The number of carbonyl (C=O) groups is 1. The number of nitrogens with zero attached hydrogens (tertiary/aromatic N) is 1. The zero-order chi connectivity index (χ0) is 14.0. The molecule has 104 valence electrons. The zero-order valence-corrected chi connectivity index (χ0v) is 11.5. The molecule has 1 amide bonds. The minimum absolute atomic E-state index is 0.0829. The van der Waals surface area contributed by atoms with E-state index < -0.39 is 0 Å². The normalized spacial score (nSPS) is 16.9. The summed E-state index contributed by atoms with van der Waals surface area (Å²) >= 11 is 0. The molecule has 2 rings (SSSR count). The average molecular weight is 263 g/mol. The van der Waals surface area contributed by atoms with Gasteiger partial charge >= 0.3 is 0 Å². The summed E-state index contributed by atoms with van der Waals surface area (Å²) in [5, 5.41) is 18.9. The lowest BCUT2D eigenvalue weighted by atomic mass is 9.86. The fourth-order valence-corrected chi connectivity index (χ4v) is 2.67. The van der Waals surface area contributed by atoms with Crippen LogP contribution in [0, 0.1) is 11.8 Å². The summed E-state index contributed by atoms with van der Waals surface area (Å²) in [4.78, 5) is 14.1. The van der Waals surface area contributed by atoms with Gasteiger partial charge in [0, 0.05) is 24.7 Å². The Balaban J connectivity index is 2.05. The zero-order valence-electron chi connectivity index (χ0n) is 11.5. The van der Waals surface area contributed by atoms with Crippen LogP contribution in [0.4, 0.5) is 0 Å². The molecule has 0 unspecified atom stereocenters. The highest BCUT2D eigenvalue weighted by molar-refractivity contribution is 5.95. The number of aromatic hydroxyl groups is 2. The smallest absolute Gasteiger partial charge is 0.254 e. The number of phenolic OH excluding ortho intramolecular Hbond substituents is 2. The highest BCUT2D eigenvalue weighted by atomic mass is 16.3. The van der Waals surface area contributed by atoms with Gasteiger partial charge in [0.25, 0.3) is 5.91 Å². The van der Waals surface area contributed by atoms with E-state index in [1.54, 1.807) is 4.90 Å². The van der Waals surface area contributed by atoms with Gasteiger partial charge in [0.1, 0.15) is 11.5 Å². The molecule has 4 nitrogen and oxygen atoms in total. The number of phenols is 2. The molecule has 0 aliphatic carbocycles. The minimum atomic E-state index is -0.117. The van der Waals surface area contributed by atoms with Crippen molar-refractivity contribution in [3.05, 3.63) is 23.8 Å². The third kappa shape index (κ3) is 3.19. The van der Waals surface area contributed by atoms with Gasteiger partial charge in [-0.25, -0.2) is 0 Å². The second kappa shape index (κ2) is 5.51. The van der Waals surface area contributed by atoms with Crippen LogP contribution in [0.3, 0.4) is 0 Å². The Morgan fingerprint density at radius 3 is 2.16 bits per heavy atom. The Morgan fingerprint density at radius 2 is 1.68 bits per heavy atom. The molecule has 19 heavy (non-hydrogen) atoms. The van der Waals surface area contributed by atoms with Gasteiger partial charge < -0.3 is 15.1 Å². The van der Waals surface area contributed by atoms with E-state index in [1.807, 2.05) is 0 Å². The first-order chi connectivity index (χ1) is 8.97. The van der Waals surface area contributed by atoms with E-state index >= 15 is 0 Å². The van der Waals surface area contributed by atoms with Crippen molar-refractivity contribution in [2.75, 3.05) is 13.1 Å². The van der Waals surface area contributed by atoms with Gasteiger partial charge in [0.05, 0.1) is 0 Å². The predicted molar refractivity (Wildman–Crippen MR) is 73.2 cm³/mol. The van der Waals surface area contributed by atoms with Crippen molar-refractivity contribution < 1.29 is 15.0 Å². The number of hydrogen-bond acceptors (Lipinski definition) is 3. The molecule has 0 saturated carbocycles. The molecule has 0 atom stereocenters. The molecule has 1 fully saturated rings. The van der Waals surface area contributed by atoms with Crippen molar-refractivity contribution in [3.63, 3.8) is 0 Å². The quantitative estimate of drug-likeness (QED) is 0.862. The van der Waals surface area contributed by atoms with E-state index in [4.69, 9.17) is 0 Å². The van der Waals surface area contributed by atoms with Crippen LogP contribution in [0.5, 0.6) is 11.5 Å². The molecule has 0 aromatic heterocycles. The minimum Gasteiger partial charge on any atom is -0.508 e. The van der Waals surface area contributed by atoms with Crippen LogP contribution in [0.25, 0.3) is 0 Å². The maximum absolute atomic E-state index is 12.3. The SMILES string of the molecule is CC(C)C1CCN(C(=O)c2cc(O)cc(O)c2)CC1. The van der Waals surface area contributed by atoms with Crippen LogP contribution in [0.2, 0.25) is 0 Å². The lowest BCUT2D eigenvalue weighted by Gasteiger charge is -2.34. The Labute approximate surface area is 113 Å². The highest BCUT2D eigenvalue weighted by Gasteiger charge is 2.25. The molecule has 2 N–H and O–H groups in total. The van der Waals surface area contributed by atoms with E-state index in [2.05, 4.69) is 13.8 Å². The third-order valence-electron chi connectivity index (χ3n) is 3.92. The standard InChI is InChI=1S/C15H21NO3/c1-10(2)11-3-5-16(6-4-11)15(19)12-7-13(17)9-14(18)8-12/h7-11,17-18H,3-6H2,1-2H3. The molecule has 1 aliphatic heterocycles. The molecular formula is C15H21NO3. The summed E-state index contributed by atoms with van der Waals surface area (Å²) in [7, 11) is 0. The van der Waals surface area contributed by atoms with E-state index in [-0.39, 0.29) is 17.4 Å². The monoisotopic (exact) mass is 263 g/mol. The van der Waals surface area contributed by atoms with Crippen molar-refractivity contribution >= 4 is 5.91 Å². The first kappa shape index (κ1) is 13.7. The van der Waals surface area contributed by atoms with Gasteiger partial charge in [-0.05, 0) is 36.8 Å². The maximum atomic E-state index is 12.3. The molecule has 0 spiro atoms. The summed E-state index contributed by atoms with van der Waals surface area (Å²) in [5.41, 5.74) is 0.348. The van der Waals surface area contributed by atoms with E-state index in [9.17, 15) is 15.0 Å². The first-order valence-corrected chi connectivity index (χ1v) is 6.79. The summed E-state index contributed by atoms with van der Waals surface area (Å²) < 4.78 is 0. The number of rotatable bonds is 2. The second-order valence-corrected chi connectivity index (χ2v) is 5.61. The number of piperidine rings is 1. The van der Waals surface area contributed by atoms with Crippen LogP contribution in [0.1, 0.15) is 37.0 Å². The molecule has 0 bridgehead atoms. The largest absolute Gasteiger partial charge is 0.508 e. The van der Waals surface area contributed by atoms with Crippen molar-refractivity contribution in [3.8, 4) is 11.5 Å². The Hall–Kier alpha value is -1.71. The molecule has 1 aromatic carbocycles. The number of carbonyl (C=O) groups excluding carboxylic acids is 1. The molecule has 4 heteroatoms. The maximum Gasteiger partial charge on any atom is 0.254 e. The van der Waals surface area contributed by atoms with E-state index in [1.165, 1.54) is 18.2 Å². The fourth-order valence-electron chi connectivity index (χ4n) is 2.67. The van der Waals surface area contributed by atoms with Gasteiger partial charge in [-0.15, -0.1) is 0 Å². The lowest BCUT2D eigenvalue weighted by Crippen LogP contribution is -2.39. The highest BCUT2D eigenvalue weighted by Crippen LogP contribution is 2.27. The van der Waals surface area contributed by atoms with Crippen molar-refractivity contribution in [1.82, 2.24) is 4.90 Å². The fraction of sp³-hybridized carbons (Fsp3) is 0.533. The van der Waals surface area contributed by atoms with Crippen molar-refractivity contribution in [1.29, 1.82) is 0 Å². The van der Waals surface area contributed by atoms with E-state index in [0.29, 0.717) is 17.4 Å². The number of amides is 1. The summed E-state index contributed by atoms with van der Waals surface area (Å²) in [6.07, 6.45) is 2.04. The van der Waals surface area contributed by atoms with Gasteiger partial charge in [-0.3, -0.25) is 4.79 Å². The Kier molecular flexibility index (Phi) is 3.98. The van der Waals surface area contributed by atoms with Crippen LogP contribution in [-0.2, 0) is 0 Å². The lowest BCUT2D eigenvalue weighted by molar-refractivity contribution is 0.0667. The summed E-state index contributed by atoms with van der Waals surface area (Å²) in [5.74, 6) is 1.05. The Bertz CT molecular complexity index is 442. The molecular weight excluding hydrogens is 242 g/mol. The van der Waals surface area contributed by atoms with Crippen LogP contribution >= 0.6 is 0 Å². The van der Waals surface area contributed by atoms with Gasteiger partial charge in [-0.2, -0.15) is 0 Å². The number of hydrogen-bond donors (Lipinski definition) is 2. The number of benzene rings is 1. The molecule has 1 heterocycles. The third-order valence-corrected chi connectivity index (χ3v) is 3.92. The summed E-state index contributed by atoms with van der Waals surface area (Å²) in [6.45, 7) is 5.93. The van der Waals surface area contributed by atoms with E-state index in [0.717, 1.165) is 25.9 Å². The molecule has 1 aromatic rings. The number of likely N-dealkylation sites (tertiary alicyclic amines) is 1. The van der Waals surface area contributed by atoms with Crippen LogP contribution in [0.15, 0.2) is 18.2 Å². The Morgan fingerprint density at radius 1 is 1.16 bits per heavy atom. The topological polar surface area (TPSA) is 60.8 Å². The van der Waals surface area contributed by atoms with Crippen molar-refractivity contribution in [2.45, 2.75) is 26.7 Å². The van der Waals surface area contributed by atoms with Crippen LogP contribution in [-0.4, -0.2) is 34.1 Å². The van der Waals surface area contributed by atoms with Crippen molar-refractivity contribution in [2.24, 2.45) is 11.8 Å².